The predicted molar refractivity (Wildman–Crippen MR) is 49.3 cm³/mol. The van der Waals surface area contributed by atoms with E-state index in [1.54, 1.807) is 6.07 Å². The number of phenols is 1. The van der Waals surface area contributed by atoms with Gasteiger partial charge in [0, 0.05) is 17.8 Å². The molecule has 3 nitrogen and oxygen atoms in total. The van der Waals surface area contributed by atoms with Gasteiger partial charge in [-0.1, -0.05) is 0 Å². The highest BCUT2D eigenvalue weighted by atomic mass is 16.3. The van der Waals surface area contributed by atoms with Crippen LogP contribution in [0.1, 0.15) is 12.0 Å². The third-order valence-electron chi connectivity index (χ3n) is 2.23. The standard InChI is InChI=1S/C9H12N2O/c10-7-3-4-8-6(9(7)12)2-1-5-11-8/h3-4,11-12H,1-2,5,10H2. The molecule has 3 heteroatoms. The molecule has 0 aliphatic carbocycles. The van der Waals surface area contributed by atoms with Gasteiger partial charge in [0.2, 0.25) is 0 Å². The number of phenolic OH excluding ortho intramolecular Hbond substituents is 1. The van der Waals surface area contributed by atoms with Gasteiger partial charge in [-0.15, -0.1) is 0 Å². The van der Waals surface area contributed by atoms with Gasteiger partial charge in [-0.2, -0.15) is 0 Å². The average Bonchev–Trinajstić information content (AvgIpc) is 2.12. The van der Waals surface area contributed by atoms with E-state index in [1.807, 2.05) is 6.07 Å². The van der Waals surface area contributed by atoms with Crippen LogP contribution in [0.25, 0.3) is 0 Å². The Balaban J connectivity index is 2.54. The van der Waals surface area contributed by atoms with Gasteiger partial charge >= 0.3 is 0 Å². The van der Waals surface area contributed by atoms with Crippen molar-refractivity contribution in [3.05, 3.63) is 17.7 Å². The molecule has 0 bridgehead atoms. The summed E-state index contributed by atoms with van der Waals surface area (Å²) in [7, 11) is 0. The second-order valence-corrected chi connectivity index (χ2v) is 3.06. The molecule has 1 aromatic rings. The average molecular weight is 164 g/mol. The van der Waals surface area contributed by atoms with Crippen LogP contribution in [-0.2, 0) is 6.42 Å². The van der Waals surface area contributed by atoms with Crippen LogP contribution < -0.4 is 11.1 Å². The van der Waals surface area contributed by atoms with Crippen molar-refractivity contribution in [2.24, 2.45) is 0 Å². The third kappa shape index (κ3) is 0.978. The van der Waals surface area contributed by atoms with Crippen molar-refractivity contribution in [1.82, 2.24) is 0 Å². The van der Waals surface area contributed by atoms with E-state index < -0.39 is 0 Å². The molecule has 1 aromatic carbocycles. The smallest absolute Gasteiger partial charge is 0.143 e. The molecule has 2 rings (SSSR count). The van der Waals surface area contributed by atoms with E-state index in [4.69, 9.17) is 5.73 Å². The highest BCUT2D eigenvalue weighted by molar-refractivity contribution is 5.68. The Morgan fingerprint density at radius 1 is 1.42 bits per heavy atom. The Morgan fingerprint density at radius 2 is 2.25 bits per heavy atom. The second kappa shape index (κ2) is 2.59. The van der Waals surface area contributed by atoms with Crippen molar-refractivity contribution in [3.63, 3.8) is 0 Å². The van der Waals surface area contributed by atoms with Crippen LogP contribution in [0.2, 0.25) is 0 Å². The van der Waals surface area contributed by atoms with Crippen LogP contribution in [0.4, 0.5) is 11.4 Å². The van der Waals surface area contributed by atoms with Gasteiger partial charge in [0.25, 0.3) is 0 Å². The lowest BCUT2D eigenvalue weighted by molar-refractivity contribution is 0.469. The SMILES string of the molecule is Nc1ccc2c(c1O)CCCN2. The zero-order valence-corrected chi connectivity index (χ0v) is 6.80. The van der Waals surface area contributed by atoms with E-state index in [1.165, 1.54) is 0 Å². The summed E-state index contributed by atoms with van der Waals surface area (Å²) < 4.78 is 0. The van der Waals surface area contributed by atoms with Gasteiger partial charge in [0.15, 0.2) is 0 Å². The Labute approximate surface area is 71.2 Å². The number of benzene rings is 1. The molecular weight excluding hydrogens is 152 g/mol. The van der Waals surface area contributed by atoms with E-state index in [9.17, 15) is 5.11 Å². The Kier molecular flexibility index (Phi) is 1.57. The highest BCUT2D eigenvalue weighted by Crippen LogP contribution is 2.34. The maximum atomic E-state index is 9.58. The van der Waals surface area contributed by atoms with Crippen molar-refractivity contribution >= 4 is 11.4 Å². The first-order valence-corrected chi connectivity index (χ1v) is 4.13. The summed E-state index contributed by atoms with van der Waals surface area (Å²) in [6.45, 7) is 0.982. The molecule has 0 aromatic heterocycles. The van der Waals surface area contributed by atoms with Crippen molar-refractivity contribution in [1.29, 1.82) is 0 Å². The van der Waals surface area contributed by atoms with Crippen molar-refractivity contribution in [3.8, 4) is 5.75 Å². The molecular formula is C9H12N2O. The molecule has 0 fully saturated rings. The summed E-state index contributed by atoms with van der Waals surface area (Å²) in [6, 6.07) is 3.65. The zero-order valence-electron chi connectivity index (χ0n) is 6.80. The monoisotopic (exact) mass is 164 g/mol. The van der Waals surface area contributed by atoms with E-state index in [-0.39, 0.29) is 5.75 Å². The van der Waals surface area contributed by atoms with Gasteiger partial charge in [0.1, 0.15) is 5.75 Å². The molecule has 0 spiro atoms. The topological polar surface area (TPSA) is 58.3 Å². The minimum atomic E-state index is 0.250. The van der Waals surface area contributed by atoms with Gasteiger partial charge in [-0.05, 0) is 25.0 Å². The first kappa shape index (κ1) is 7.28. The molecule has 1 aliphatic rings. The number of nitrogen functional groups attached to an aromatic ring is 1. The van der Waals surface area contributed by atoms with Crippen molar-refractivity contribution < 1.29 is 5.11 Å². The number of hydrogen-bond acceptors (Lipinski definition) is 3. The number of fused-ring (bicyclic) bond motifs is 1. The van der Waals surface area contributed by atoms with Gasteiger partial charge in [-0.3, -0.25) is 0 Å². The van der Waals surface area contributed by atoms with Crippen LogP contribution in [0.5, 0.6) is 5.75 Å². The number of nitrogens with one attached hydrogen (secondary N) is 1. The molecule has 0 atom stereocenters. The lowest BCUT2D eigenvalue weighted by atomic mass is 10.0. The van der Waals surface area contributed by atoms with Crippen LogP contribution in [-0.4, -0.2) is 11.7 Å². The fraction of sp³-hybridized carbons (Fsp3) is 0.333. The van der Waals surface area contributed by atoms with Crippen LogP contribution in [0.15, 0.2) is 12.1 Å². The number of anilines is 2. The van der Waals surface area contributed by atoms with Gasteiger partial charge < -0.3 is 16.2 Å². The molecule has 1 heterocycles. The molecule has 64 valence electrons. The Morgan fingerprint density at radius 3 is 3.08 bits per heavy atom. The summed E-state index contributed by atoms with van der Waals surface area (Å²) in [5.41, 5.74) is 8.02. The molecule has 0 unspecified atom stereocenters. The van der Waals surface area contributed by atoms with E-state index in [0.29, 0.717) is 5.69 Å². The largest absolute Gasteiger partial charge is 0.505 e. The van der Waals surface area contributed by atoms with Crippen LogP contribution in [0.3, 0.4) is 0 Å². The molecule has 0 radical (unpaired) electrons. The lowest BCUT2D eigenvalue weighted by Crippen LogP contribution is -2.12. The quantitative estimate of drug-likeness (QED) is 0.400. The number of hydrogen-bond donors (Lipinski definition) is 3. The maximum absolute atomic E-state index is 9.58. The number of rotatable bonds is 0. The Hall–Kier alpha value is -1.38. The zero-order chi connectivity index (χ0) is 8.55. The molecule has 0 saturated carbocycles. The summed E-state index contributed by atoms with van der Waals surface area (Å²) in [4.78, 5) is 0. The number of aromatic hydroxyl groups is 1. The maximum Gasteiger partial charge on any atom is 0.143 e. The molecule has 0 saturated heterocycles. The summed E-state index contributed by atoms with van der Waals surface area (Å²) in [5, 5.41) is 12.8. The normalized spacial score (nSPS) is 15.0. The summed E-state index contributed by atoms with van der Waals surface area (Å²) in [5.74, 6) is 0.250. The van der Waals surface area contributed by atoms with E-state index >= 15 is 0 Å². The second-order valence-electron chi connectivity index (χ2n) is 3.06. The highest BCUT2D eigenvalue weighted by Gasteiger charge is 2.13. The Bertz CT molecular complexity index is 310. The van der Waals surface area contributed by atoms with Crippen LogP contribution >= 0.6 is 0 Å². The molecule has 0 amide bonds. The van der Waals surface area contributed by atoms with E-state index in [2.05, 4.69) is 5.32 Å². The number of nitrogens with two attached hydrogens (primary N) is 1. The van der Waals surface area contributed by atoms with Crippen molar-refractivity contribution in [2.45, 2.75) is 12.8 Å². The summed E-state index contributed by atoms with van der Waals surface area (Å²) in [6.07, 6.45) is 1.98. The predicted octanol–water partition coefficient (Wildman–Crippen LogP) is 1.33. The van der Waals surface area contributed by atoms with Gasteiger partial charge in [-0.25, -0.2) is 0 Å². The fourth-order valence-electron chi connectivity index (χ4n) is 1.56. The van der Waals surface area contributed by atoms with Crippen molar-refractivity contribution in [2.75, 3.05) is 17.6 Å². The van der Waals surface area contributed by atoms with E-state index in [0.717, 1.165) is 30.6 Å². The van der Waals surface area contributed by atoms with Gasteiger partial charge in [0.05, 0.1) is 5.69 Å². The minimum absolute atomic E-state index is 0.250. The first-order chi connectivity index (χ1) is 5.79. The third-order valence-corrected chi connectivity index (χ3v) is 2.23. The molecule has 4 N–H and O–H groups in total. The molecule has 1 aliphatic heterocycles. The molecule has 12 heavy (non-hydrogen) atoms. The fourth-order valence-corrected chi connectivity index (χ4v) is 1.56. The summed E-state index contributed by atoms with van der Waals surface area (Å²) >= 11 is 0. The minimum Gasteiger partial charge on any atom is -0.505 e. The van der Waals surface area contributed by atoms with Crippen LogP contribution in [0, 0.1) is 0 Å². The lowest BCUT2D eigenvalue weighted by Gasteiger charge is -2.19. The first-order valence-electron chi connectivity index (χ1n) is 4.13.